The lowest BCUT2D eigenvalue weighted by atomic mass is 10.1. The van der Waals surface area contributed by atoms with E-state index in [1.165, 1.54) is 17.5 Å². The minimum atomic E-state index is -0.284. The number of aromatic nitrogens is 4. The van der Waals surface area contributed by atoms with E-state index in [4.69, 9.17) is 0 Å². The lowest BCUT2D eigenvalue weighted by Crippen LogP contribution is -2.12. The number of nitrogens with one attached hydrogen (secondary N) is 2. The Morgan fingerprint density at radius 3 is 2.70 bits per heavy atom. The van der Waals surface area contributed by atoms with Crippen molar-refractivity contribution >= 4 is 33.9 Å². The van der Waals surface area contributed by atoms with Gasteiger partial charge in [0.2, 0.25) is 0 Å². The first kappa shape index (κ1) is 19.6. The van der Waals surface area contributed by atoms with Gasteiger partial charge in [-0.3, -0.25) is 4.79 Å². The third-order valence-electron chi connectivity index (χ3n) is 4.62. The van der Waals surface area contributed by atoms with Gasteiger partial charge in [0.15, 0.2) is 16.8 Å². The van der Waals surface area contributed by atoms with E-state index in [9.17, 15) is 9.90 Å². The van der Waals surface area contributed by atoms with Crippen LogP contribution in [0.4, 0.5) is 16.6 Å². The Balaban J connectivity index is 1.51. The maximum Gasteiger partial charge on any atom is 0.267 e. The molecule has 4 aromatic rings. The van der Waals surface area contributed by atoms with Crippen molar-refractivity contribution in [2.24, 2.45) is 0 Å². The van der Waals surface area contributed by atoms with Gasteiger partial charge in [0.25, 0.3) is 5.91 Å². The van der Waals surface area contributed by atoms with Crippen molar-refractivity contribution < 1.29 is 9.90 Å². The molecule has 0 aliphatic rings. The van der Waals surface area contributed by atoms with Crippen molar-refractivity contribution in [2.75, 3.05) is 10.6 Å². The highest BCUT2D eigenvalue weighted by Gasteiger charge is 2.16. The van der Waals surface area contributed by atoms with E-state index in [0.29, 0.717) is 32.9 Å². The number of aromatic hydroxyl groups is 1. The minimum absolute atomic E-state index is 0.140. The van der Waals surface area contributed by atoms with Crippen molar-refractivity contribution in [3.63, 3.8) is 0 Å². The number of pyridine rings is 1. The van der Waals surface area contributed by atoms with Crippen molar-refractivity contribution in [1.82, 2.24) is 19.7 Å². The topological polar surface area (TPSA) is 105 Å². The number of amides is 1. The molecule has 0 radical (unpaired) electrons. The zero-order valence-electron chi connectivity index (χ0n) is 16.7. The third kappa shape index (κ3) is 3.87. The van der Waals surface area contributed by atoms with Crippen molar-refractivity contribution in [2.45, 2.75) is 20.8 Å². The lowest BCUT2D eigenvalue weighted by molar-refractivity contribution is 0.103. The summed E-state index contributed by atoms with van der Waals surface area (Å²) in [5.41, 5.74) is 3.03. The summed E-state index contributed by atoms with van der Waals surface area (Å²) in [5, 5.41) is 21.0. The zero-order valence-corrected chi connectivity index (χ0v) is 17.5. The number of hydrogen-bond acceptors (Lipinski definition) is 7. The average Bonchev–Trinajstić information content (AvgIpc) is 3.36. The number of phenols is 1. The monoisotopic (exact) mass is 420 g/mol. The summed E-state index contributed by atoms with van der Waals surface area (Å²) in [6, 6.07) is 8.99. The second-order valence-electron chi connectivity index (χ2n) is 6.80. The number of benzene rings is 1. The fraction of sp³-hybridized carbons (Fsp3) is 0.143. The molecule has 0 saturated heterocycles. The second kappa shape index (κ2) is 7.96. The number of hydrogen-bond donors (Lipinski definition) is 3. The summed E-state index contributed by atoms with van der Waals surface area (Å²) in [4.78, 5) is 21.7. The molecule has 0 saturated carbocycles. The minimum Gasteiger partial charge on any atom is -0.508 e. The van der Waals surface area contributed by atoms with Crippen LogP contribution in [-0.4, -0.2) is 30.8 Å². The summed E-state index contributed by atoms with van der Waals surface area (Å²) in [7, 11) is 0. The molecular weight excluding hydrogens is 400 g/mol. The van der Waals surface area contributed by atoms with Crippen molar-refractivity contribution in [1.29, 1.82) is 0 Å². The fourth-order valence-electron chi connectivity index (χ4n) is 2.93. The molecule has 0 bridgehead atoms. The Labute approximate surface area is 177 Å². The fourth-order valence-corrected chi connectivity index (χ4v) is 3.64. The molecule has 3 N–H and O–H groups in total. The molecule has 0 aliphatic heterocycles. The average molecular weight is 420 g/mol. The van der Waals surface area contributed by atoms with E-state index < -0.39 is 0 Å². The van der Waals surface area contributed by atoms with Gasteiger partial charge in [-0.1, -0.05) is 23.5 Å². The quantitative estimate of drug-likeness (QED) is 0.443. The highest BCUT2D eigenvalue weighted by Crippen LogP contribution is 2.30. The molecule has 0 fully saturated rings. The van der Waals surface area contributed by atoms with Crippen LogP contribution < -0.4 is 10.6 Å². The molecule has 1 aromatic carbocycles. The zero-order chi connectivity index (χ0) is 21.3. The van der Waals surface area contributed by atoms with Crippen LogP contribution in [0.25, 0.3) is 5.82 Å². The summed E-state index contributed by atoms with van der Waals surface area (Å²) >= 11 is 1.22. The number of rotatable bonds is 5. The van der Waals surface area contributed by atoms with Crippen LogP contribution in [0.3, 0.4) is 0 Å². The normalized spacial score (nSPS) is 10.8. The first-order valence-electron chi connectivity index (χ1n) is 9.23. The molecule has 9 heteroatoms. The van der Waals surface area contributed by atoms with Crippen LogP contribution >= 0.6 is 11.3 Å². The first-order valence-corrected chi connectivity index (χ1v) is 10.0. The van der Waals surface area contributed by atoms with Crippen molar-refractivity contribution in [3.8, 4) is 11.6 Å². The lowest BCUT2D eigenvalue weighted by Gasteiger charge is -2.11. The van der Waals surface area contributed by atoms with E-state index in [-0.39, 0.29) is 11.7 Å². The Morgan fingerprint density at radius 2 is 1.93 bits per heavy atom. The summed E-state index contributed by atoms with van der Waals surface area (Å²) in [5.74, 6) is 1.21. The van der Waals surface area contributed by atoms with E-state index in [2.05, 4.69) is 25.7 Å². The Kier molecular flexibility index (Phi) is 5.20. The first-order chi connectivity index (χ1) is 14.4. The second-order valence-corrected chi connectivity index (χ2v) is 7.83. The maximum atomic E-state index is 12.7. The summed E-state index contributed by atoms with van der Waals surface area (Å²) in [6.45, 7) is 5.57. The molecule has 1 amide bonds. The Bertz CT molecular complexity index is 1220. The van der Waals surface area contributed by atoms with Gasteiger partial charge in [-0.05, 0) is 44.5 Å². The van der Waals surface area contributed by atoms with Crippen LogP contribution in [0, 0.1) is 20.8 Å². The molecule has 0 spiro atoms. The highest BCUT2D eigenvalue weighted by molar-refractivity contribution is 7.17. The maximum absolute atomic E-state index is 12.7. The molecular formula is C21H20N6O2S. The number of aryl methyl sites for hydroxylation is 2. The predicted molar refractivity (Wildman–Crippen MR) is 117 cm³/mol. The van der Waals surface area contributed by atoms with Gasteiger partial charge in [-0.15, -0.1) is 5.10 Å². The van der Waals surface area contributed by atoms with Crippen LogP contribution in [-0.2, 0) is 0 Å². The number of thiazole rings is 1. The van der Waals surface area contributed by atoms with Gasteiger partial charge >= 0.3 is 0 Å². The van der Waals surface area contributed by atoms with E-state index in [1.807, 2.05) is 38.2 Å². The smallest absolute Gasteiger partial charge is 0.267 e. The third-order valence-corrected chi connectivity index (χ3v) is 5.53. The molecule has 0 atom stereocenters. The molecule has 0 aliphatic carbocycles. The number of nitrogens with zero attached hydrogens (tertiary/aromatic N) is 4. The van der Waals surface area contributed by atoms with Gasteiger partial charge in [0, 0.05) is 23.5 Å². The molecule has 8 nitrogen and oxygen atoms in total. The van der Waals surface area contributed by atoms with Gasteiger partial charge in [0.05, 0.1) is 11.9 Å². The van der Waals surface area contributed by atoms with Crippen LogP contribution in [0.1, 0.15) is 26.4 Å². The Morgan fingerprint density at radius 1 is 1.10 bits per heavy atom. The van der Waals surface area contributed by atoms with E-state index >= 15 is 0 Å². The van der Waals surface area contributed by atoms with Gasteiger partial charge < -0.3 is 15.7 Å². The SMILES string of the molecule is Cc1cn(-c2ccccn2)nc1Nc1ncc(C(=O)Nc2c(C)ccc(O)c2C)s1. The molecule has 3 heterocycles. The molecule has 0 unspecified atom stereocenters. The number of carbonyl (C=O) groups is 1. The van der Waals surface area contributed by atoms with Crippen LogP contribution in [0.5, 0.6) is 5.75 Å². The molecule has 152 valence electrons. The van der Waals surface area contributed by atoms with Gasteiger partial charge in [-0.25, -0.2) is 14.6 Å². The van der Waals surface area contributed by atoms with Gasteiger partial charge in [-0.2, -0.15) is 0 Å². The van der Waals surface area contributed by atoms with E-state index in [0.717, 1.165) is 11.1 Å². The van der Waals surface area contributed by atoms with Crippen LogP contribution in [0.2, 0.25) is 0 Å². The predicted octanol–water partition coefficient (Wildman–Crippen LogP) is 4.35. The van der Waals surface area contributed by atoms with Gasteiger partial charge in [0.1, 0.15) is 10.6 Å². The molecule has 3 aromatic heterocycles. The summed E-state index contributed by atoms with van der Waals surface area (Å²) < 4.78 is 1.69. The van der Waals surface area contributed by atoms with Crippen molar-refractivity contribution in [3.05, 3.63) is 70.5 Å². The molecule has 30 heavy (non-hydrogen) atoms. The van der Waals surface area contributed by atoms with E-state index in [1.54, 1.807) is 29.9 Å². The number of anilines is 3. The molecule has 4 rings (SSSR count). The Hall–Kier alpha value is -3.72. The largest absolute Gasteiger partial charge is 0.508 e. The summed E-state index contributed by atoms with van der Waals surface area (Å²) in [6.07, 6.45) is 5.10. The van der Waals surface area contributed by atoms with Crippen LogP contribution in [0.15, 0.2) is 48.9 Å². The standard InChI is InChI=1S/C21H20N6O2S/c1-12-7-8-15(28)14(3)18(12)24-20(29)16-10-23-21(30-16)25-19-13(2)11-27(26-19)17-6-4-5-9-22-17/h4-11,28H,1-3H3,(H,24,29)(H,23,25,26). The number of carbonyl (C=O) groups excluding carboxylic acids is 1. The number of phenolic OH excluding ortho intramolecular Hbond substituents is 1. The highest BCUT2D eigenvalue weighted by atomic mass is 32.1.